The number of ketones is 1. The number of hydrogen-bond acceptors (Lipinski definition) is 5. The lowest BCUT2D eigenvalue weighted by atomic mass is 10.1. The van der Waals surface area contributed by atoms with E-state index in [9.17, 15) is 9.59 Å². The molecule has 184 valence electrons. The van der Waals surface area contributed by atoms with Gasteiger partial charge in [0.05, 0.1) is 5.56 Å². The van der Waals surface area contributed by atoms with Crippen molar-refractivity contribution in [2.24, 2.45) is 0 Å². The molecule has 0 aromatic heterocycles. The number of carbonyl (C=O) groups is 2. The van der Waals surface area contributed by atoms with Crippen molar-refractivity contribution in [1.29, 1.82) is 0 Å². The molecular weight excluding hydrogens is 466 g/mol. The molecule has 0 saturated heterocycles. The first-order chi connectivity index (χ1) is 18.0. The largest absolute Gasteiger partial charge is 0.485 e. The van der Waals surface area contributed by atoms with Crippen LogP contribution in [0.3, 0.4) is 0 Å². The number of amides is 1. The van der Waals surface area contributed by atoms with Crippen LogP contribution in [0.5, 0.6) is 17.2 Å². The molecule has 1 heterocycles. The van der Waals surface area contributed by atoms with Crippen molar-refractivity contribution in [2.75, 3.05) is 5.32 Å². The van der Waals surface area contributed by atoms with Crippen LogP contribution in [0.2, 0.25) is 0 Å². The van der Waals surface area contributed by atoms with Gasteiger partial charge in [0.2, 0.25) is 11.7 Å². The molecule has 1 aliphatic heterocycles. The lowest BCUT2D eigenvalue weighted by Gasteiger charge is -2.14. The fraction of sp³-hybridized carbons (Fsp3) is 0.0968. The van der Waals surface area contributed by atoms with Crippen LogP contribution >= 0.6 is 0 Å². The van der Waals surface area contributed by atoms with Gasteiger partial charge in [-0.25, -0.2) is 0 Å². The second kappa shape index (κ2) is 10.8. The first-order valence-corrected chi connectivity index (χ1v) is 11.9. The van der Waals surface area contributed by atoms with E-state index in [2.05, 4.69) is 5.32 Å². The predicted molar refractivity (Wildman–Crippen MR) is 142 cm³/mol. The molecule has 0 atom stereocenters. The van der Waals surface area contributed by atoms with Gasteiger partial charge in [-0.15, -0.1) is 0 Å². The molecule has 6 nitrogen and oxygen atoms in total. The highest BCUT2D eigenvalue weighted by Crippen LogP contribution is 2.35. The molecule has 0 radical (unpaired) electrons. The normalized spacial score (nSPS) is 13.1. The Morgan fingerprint density at radius 1 is 0.811 bits per heavy atom. The maximum atomic E-state index is 13.0. The third-order valence-electron chi connectivity index (χ3n) is 5.73. The first-order valence-electron chi connectivity index (χ1n) is 11.9. The summed E-state index contributed by atoms with van der Waals surface area (Å²) in [6, 6.07) is 30.3. The molecule has 0 aliphatic carbocycles. The number of allylic oxidation sites excluding steroid dienone is 1. The average Bonchev–Trinajstić information content (AvgIpc) is 3.22. The summed E-state index contributed by atoms with van der Waals surface area (Å²) < 4.78 is 18.0. The van der Waals surface area contributed by atoms with E-state index in [1.807, 2.05) is 78.9 Å². The third-order valence-corrected chi connectivity index (χ3v) is 5.73. The maximum absolute atomic E-state index is 13.0. The topological polar surface area (TPSA) is 73.9 Å². The summed E-state index contributed by atoms with van der Waals surface area (Å²) in [6.45, 7) is 2.19. The molecule has 1 N–H and O–H groups in total. The Morgan fingerprint density at radius 2 is 1.46 bits per heavy atom. The smallest absolute Gasteiger partial charge is 0.232 e. The monoisotopic (exact) mass is 491 g/mol. The average molecular weight is 492 g/mol. The SMILES string of the molecule is CC(=O)Nc1ccc2c(c1)C(=O)/C(=C/c1ccc(OCc3ccccc3)c(OCc3ccccc3)c1)O2. The van der Waals surface area contributed by atoms with Crippen LogP contribution in [-0.2, 0) is 18.0 Å². The molecule has 0 bridgehead atoms. The van der Waals surface area contributed by atoms with Crippen LogP contribution in [0.1, 0.15) is 34.0 Å². The zero-order valence-electron chi connectivity index (χ0n) is 20.3. The fourth-order valence-corrected chi connectivity index (χ4v) is 3.94. The van der Waals surface area contributed by atoms with Crippen LogP contribution in [0.25, 0.3) is 6.08 Å². The van der Waals surface area contributed by atoms with Gasteiger partial charge in [-0.1, -0.05) is 66.7 Å². The molecule has 1 amide bonds. The second-order valence-electron chi connectivity index (χ2n) is 8.59. The summed E-state index contributed by atoms with van der Waals surface area (Å²) in [5, 5.41) is 2.69. The van der Waals surface area contributed by atoms with Crippen molar-refractivity contribution < 1.29 is 23.8 Å². The van der Waals surface area contributed by atoms with E-state index in [0.717, 1.165) is 16.7 Å². The van der Waals surface area contributed by atoms with Crippen molar-refractivity contribution >= 4 is 23.5 Å². The first kappa shape index (κ1) is 23.9. The molecule has 0 fully saturated rings. The molecular formula is C31H25NO5. The number of benzene rings is 4. The van der Waals surface area contributed by atoms with Crippen LogP contribution in [-0.4, -0.2) is 11.7 Å². The highest BCUT2D eigenvalue weighted by atomic mass is 16.5. The van der Waals surface area contributed by atoms with E-state index in [1.165, 1.54) is 6.92 Å². The van der Waals surface area contributed by atoms with Gasteiger partial charge in [0.1, 0.15) is 19.0 Å². The number of hydrogen-bond donors (Lipinski definition) is 1. The van der Waals surface area contributed by atoms with Gasteiger partial charge in [0.25, 0.3) is 0 Å². The highest BCUT2D eigenvalue weighted by Gasteiger charge is 2.27. The van der Waals surface area contributed by atoms with E-state index in [4.69, 9.17) is 14.2 Å². The Bertz CT molecular complexity index is 1460. The van der Waals surface area contributed by atoms with Gasteiger partial charge >= 0.3 is 0 Å². The minimum absolute atomic E-state index is 0.196. The van der Waals surface area contributed by atoms with E-state index in [-0.39, 0.29) is 17.4 Å². The minimum atomic E-state index is -0.252. The van der Waals surface area contributed by atoms with Crippen LogP contribution in [0, 0.1) is 0 Å². The number of fused-ring (bicyclic) bond motifs is 1. The Labute approximate surface area is 215 Å². The minimum Gasteiger partial charge on any atom is -0.485 e. The van der Waals surface area contributed by atoms with Crippen molar-refractivity contribution in [3.63, 3.8) is 0 Å². The molecule has 0 unspecified atom stereocenters. The van der Waals surface area contributed by atoms with Gasteiger partial charge in [-0.2, -0.15) is 0 Å². The molecule has 5 rings (SSSR count). The van der Waals surface area contributed by atoms with Gasteiger partial charge < -0.3 is 19.5 Å². The summed E-state index contributed by atoms with van der Waals surface area (Å²) in [7, 11) is 0. The van der Waals surface area contributed by atoms with Gasteiger partial charge in [0, 0.05) is 12.6 Å². The van der Waals surface area contributed by atoms with Gasteiger partial charge in [0.15, 0.2) is 17.3 Å². The van der Waals surface area contributed by atoms with Crippen molar-refractivity contribution in [1.82, 2.24) is 0 Å². The summed E-state index contributed by atoms with van der Waals surface area (Å²) in [6.07, 6.45) is 1.68. The second-order valence-corrected chi connectivity index (χ2v) is 8.59. The van der Waals surface area contributed by atoms with E-state index in [0.29, 0.717) is 41.7 Å². The number of anilines is 1. The molecule has 4 aromatic carbocycles. The van der Waals surface area contributed by atoms with Crippen molar-refractivity contribution in [3.8, 4) is 17.2 Å². The molecule has 0 spiro atoms. The summed E-state index contributed by atoms with van der Waals surface area (Å²) in [5.41, 5.74) is 3.75. The number of ether oxygens (including phenoxy) is 3. The fourth-order valence-electron chi connectivity index (χ4n) is 3.94. The standard InChI is InChI=1S/C31H25NO5/c1-21(33)32-25-13-15-27-26(18-25)31(34)30(37-27)17-24-12-14-28(35-19-22-8-4-2-5-9-22)29(16-24)36-20-23-10-6-3-7-11-23/h2-18H,19-20H2,1H3,(H,32,33)/b30-17-. The van der Waals surface area contributed by atoms with Crippen LogP contribution in [0.15, 0.2) is 103 Å². The predicted octanol–water partition coefficient (Wildman–Crippen LogP) is 6.42. The summed E-state index contributed by atoms with van der Waals surface area (Å²) in [4.78, 5) is 24.4. The quantitative estimate of drug-likeness (QED) is 0.288. The van der Waals surface area contributed by atoms with E-state index < -0.39 is 0 Å². The Hall–Kier alpha value is -4.84. The molecule has 0 saturated carbocycles. The van der Waals surface area contributed by atoms with E-state index in [1.54, 1.807) is 24.3 Å². The van der Waals surface area contributed by atoms with Gasteiger partial charge in [-0.05, 0) is 53.1 Å². The Morgan fingerprint density at radius 3 is 2.11 bits per heavy atom. The van der Waals surface area contributed by atoms with E-state index >= 15 is 0 Å². The maximum Gasteiger partial charge on any atom is 0.232 e. The third kappa shape index (κ3) is 5.87. The summed E-state index contributed by atoms with van der Waals surface area (Å²) >= 11 is 0. The highest BCUT2D eigenvalue weighted by molar-refractivity contribution is 6.15. The van der Waals surface area contributed by atoms with Crippen LogP contribution in [0.4, 0.5) is 5.69 Å². The Balaban J connectivity index is 1.39. The van der Waals surface area contributed by atoms with Crippen molar-refractivity contribution in [2.45, 2.75) is 20.1 Å². The molecule has 37 heavy (non-hydrogen) atoms. The number of nitrogens with one attached hydrogen (secondary N) is 1. The van der Waals surface area contributed by atoms with Crippen molar-refractivity contribution in [3.05, 3.63) is 125 Å². The zero-order chi connectivity index (χ0) is 25.6. The number of rotatable bonds is 8. The lowest BCUT2D eigenvalue weighted by molar-refractivity contribution is -0.114. The van der Waals surface area contributed by atoms with Gasteiger partial charge in [-0.3, -0.25) is 9.59 Å². The number of Topliss-reactive ketones (excluding diaryl/α,β-unsaturated/α-hetero) is 1. The Kier molecular flexibility index (Phi) is 6.99. The molecule has 4 aromatic rings. The van der Waals surface area contributed by atoms with Crippen LogP contribution < -0.4 is 19.5 Å². The lowest BCUT2D eigenvalue weighted by Crippen LogP contribution is -2.06. The number of carbonyl (C=O) groups excluding carboxylic acids is 2. The molecule has 1 aliphatic rings. The summed E-state index contributed by atoms with van der Waals surface area (Å²) in [5.74, 6) is 1.35. The molecule has 6 heteroatoms. The zero-order valence-corrected chi connectivity index (χ0v) is 20.3.